The van der Waals surface area contributed by atoms with Crippen LogP contribution in [0.4, 0.5) is 0 Å². The zero-order valence-electron chi connectivity index (χ0n) is 16.3. The number of nitrogens with one attached hydrogen (secondary N) is 1. The Kier molecular flexibility index (Phi) is 5.44. The van der Waals surface area contributed by atoms with Gasteiger partial charge < -0.3 is 15.5 Å². The van der Waals surface area contributed by atoms with Crippen LogP contribution in [0.2, 0.25) is 0 Å². The predicted octanol–water partition coefficient (Wildman–Crippen LogP) is 3.27. The highest BCUT2D eigenvalue weighted by molar-refractivity contribution is 5.94. The molecule has 0 fully saturated rings. The molecule has 31 heavy (non-hydrogen) atoms. The molecule has 0 atom stereocenters. The summed E-state index contributed by atoms with van der Waals surface area (Å²) in [5.41, 5.74) is 3.27. The van der Waals surface area contributed by atoms with Gasteiger partial charge in [0.2, 0.25) is 0 Å². The largest absolute Gasteiger partial charge is 0.504 e. The second-order valence-electron chi connectivity index (χ2n) is 6.79. The highest BCUT2D eigenvalue weighted by Crippen LogP contribution is 2.21. The Morgan fingerprint density at radius 1 is 0.935 bits per heavy atom. The van der Waals surface area contributed by atoms with Crippen LogP contribution in [-0.4, -0.2) is 36.9 Å². The van der Waals surface area contributed by atoms with Gasteiger partial charge in [0.05, 0.1) is 17.3 Å². The van der Waals surface area contributed by atoms with E-state index in [0.29, 0.717) is 6.54 Å². The van der Waals surface area contributed by atoms with Crippen LogP contribution in [0.5, 0.6) is 5.75 Å². The molecule has 4 aromatic rings. The lowest BCUT2D eigenvalue weighted by Crippen LogP contribution is -2.23. The number of hydrogen-bond donors (Lipinski definition) is 3. The van der Waals surface area contributed by atoms with Crippen molar-refractivity contribution in [3.63, 3.8) is 0 Å². The molecule has 2 aromatic heterocycles. The molecular weight excluding hydrogens is 396 g/mol. The number of rotatable bonds is 6. The minimum atomic E-state index is -1.14. The first-order valence-electron chi connectivity index (χ1n) is 9.41. The van der Waals surface area contributed by atoms with Gasteiger partial charge in [0.1, 0.15) is 0 Å². The lowest BCUT2D eigenvalue weighted by atomic mass is 10.0. The summed E-state index contributed by atoms with van der Waals surface area (Å²) in [6, 6.07) is 19.1. The van der Waals surface area contributed by atoms with Gasteiger partial charge in [0.25, 0.3) is 5.91 Å². The molecule has 1 amide bonds. The van der Waals surface area contributed by atoms with Crippen molar-refractivity contribution in [3.05, 3.63) is 95.9 Å². The quantitative estimate of drug-likeness (QED) is 0.446. The Hall–Kier alpha value is -4.46. The maximum Gasteiger partial charge on any atom is 0.338 e. The number of carbonyl (C=O) groups is 2. The Bertz CT molecular complexity index is 1230. The van der Waals surface area contributed by atoms with E-state index in [1.54, 1.807) is 0 Å². The van der Waals surface area contributed by atoms with Crippen molar-refractivity contribution < 1.29 is 19.8 Å². The first-order chi connectivity index (χ1) is 15.0. The van der Waals surface area contributed by atoms with Crippen molar-refractivity contribution in [3.8, 4) is 22.7 Å². The van der Waals surface area contributed by atoms with Gasteiger partial charge in [-0.05, 0) is 22.8 Å². The number of carbonyl (C=O) groups excluding carboxylic acids is 1. The molecule has 8 heteroatoms. The lowest BCUT2D eigenvalue weighted by molar-refractivity contribution is 0.0696. The summed E-state index contributed by atoms with van der Waals surface area (Å²) in [5, 5.41) is 25.8. The van der Waals surface area contributed by atoms with Crippen molar-refractivity contribution in [1.82, 2.24) is 20.1 Å². The highest BCUT2D eigenvalue weighted by Gasteiger charge is 2.14. The van der Waals surface area contributed by atoms with Crippen LogP contribution in [0.1, 0.15) is 26.3 Å². The van der Waals surface area contributed by atoms with E-state index in [0.717, 1.165) is 27.6 Å². The Labute approximate surface area is 177 Å². The molecule has 2 heterocycles. The van der Waals surface area contributed by atoms with Crippen LogP contribution in [-0.2, 0) is 6.54 Å². The molecule has 0 saturated carbocycles. The second kappa shape index (κ2) is 8.50. The minimum absolute atomic E-state index is 0.0283. The molecule has 0 aliphatic rings. The highest BCUT2D eigenvalue weighted by atomic mass is 16.4. The number of benzene rings is 2. The molecule has 8 nitrogen and oxygen atoms in total. The van der Waals surface area contributed by atoms with Crippen molar-refractivity contribution in [1.29, 1.82) is 0 Å². The molecule has 0 unspecified atom stereocenters. The molecule has 0 bridgehead atoms. The van der Waals surface area contributed by atoms with Crippen LogP contribution in [0.25, 0.3) is 16.9 Å². The maximum atomic E-state index is 12.4. The number of carboxylic acids is 1. The van der Waals surface area contributed by atoms with Gasteiger partial charge in [-0.25, -0.2) is 14.5 Å². The summed E-state index contributed by atoms with van der Waals surface area (Å²) < 4.78 is 1.13. The number of aromatic nitrogens is 3. The fourth-order valence-electron chi connectivity index (χ4n) is 3.03. The predicted molar refractivity (Wildman–Crippen MR) is 113 cm³/mol. The SMILES string of the molecule is O=C(O)c1cnn(-c2ncc(C(=O)NCc3ccc(-c4ccccc4)cc3)cc2O)c1. The van der Waals surface area contributed by atoms with Crippen molar-refractivity contribution in [2.75, 3.05) is 0 Å². The number of aromatic hydroxyl groups is 1. The van der Waals surface area contributed by atoms with Crippen LogP contribution in [0.3, 0.4) is 0 Å². The number of aromatic carboxylic acids is 1. The molecule has 0 aliphatic carbocycles. The van der Waals surface area contributed by atoms with Gasteiger partial charge in [-0.2, -0.15) is 5.10 Å². The average molecular weight is 414 g/mol. The normalized spacial score (nSPS) is 10.6. The second-order valence-corrected chi connectivity index (χ2v) is 6.79. The first kappa shape index (κ1) is 19.8. The lowest BCUT2D eigenvalue weighted by Gasteiger charge is -2.08. The summed E-state index contributed by atoms with van der Waals surface area (Å²) in [6.45, 7) is 0.317. The van der Waals surface area contributed by atoms with Crippen molar-refractivity contribution in [2.24, 2.45) is 0 Å². The van der Waals surface area contributed by atoms with Crippen LogP contribution in [0.15, 0.2) is 79.3 Å². The van der Waals surface area contributed by atoms with Gasteiger partial charge in [-0.3, -0.25) is 4.79 Å². The summed E-state index contributed by atoms with van der Waals surface area (Å²) in [7, 11) is 0. The van der Waals surface area contributed by atoms with Crippen LogP contribution < -0.4 is 5.32 Å². The van der Waals surface area contributed by atoms with E-state index < -0.39 is 11.9 Å². The van der Waals surface area contributed by atoms with E-state index >= 15 is 0 Å². The zero-order valence-corrected chi connectivity index (χ0v) is 16.3. The molecular formula is C23H18N4O4. The summed E-state index contributed by atoms with van der Waals surface area (Å²) in [6.07, 6.45) is 3.67. The van der Waals surface area contributed by atoms with Gasteiger partial charge in [0, 0.05) is 18.9 Å². The fraction of sp³-hybridized carbons (Fsp3) is 0.0435. The van der Waals surface area contributed by atoms with E-state index in [-0.39, 0.29) is 22.7 Å². The van der Waals surface area contributed by atoms with Gasteiger partial charge in [-0.1, -0.05) is 54.6 Å². The van der Waals surface area contributed by atoms with Crippen molar-refractivity contribution in [2.45, 2.75) is 6.54 Å². The minimum Gasteiger partial charge on any atom is -0.504 e. The molecule has 0 spiro atoms. The molecule has 3 N–H and O–H groups in total. The average Bonchev–Trinajstić information content (AvgIpc) is 3.29. The maximum absolute atomic E-state index is 12.4. The standard InChI is InChI=1S/C23H18N4O4/c28-20-10-18(12-24-21(20)27-14-19(13-26-27)23(30)31)22(29)25-11-15-6-8-17(9-7-15)16-4-2-1-3-5-16/h1-10,12-14,28H,11H2,(H,25,29)(H,30,31). The zero-order chi connectivity index (χ0) is 21.8. The number of carboxylic acid groups (broad SMARTS) is 1. The van der Waals surface area contributed by atoms with E-state index in [9.17, 15) is 14.7 Å². The topological polar surface area (TPSA) is 117 Å². The van der Waals surface area contributed by atoms with Gasteiger partial charge in [-0.15, -0.1) is 0 Å². The molecule has 4 rings (SSSR count). The van der Waals surface area contributed by atoms with E-state index in [1.807, 2.05) is 54.6 Å². The smallest absolute Gasteiger partial charge is 0.338 e. The molecule has 154 valence electrons. The number of amides is 1. The Balaban J connectivity index is 1.41. The molecule has 2 aromatic carbocycles. The van der Waals surface area contributed by atoms with E-state index in [4.69, 9.17) is 5.11 Å². The molecule has 0 aliphatic heterocycles. The number of pyridine rings is 1. The summed E-state index contributed by atoms with van der Waals surface area (Å²) >= 11 is 0. The van der Waals surface area contributed by atoms with Crippen LogP contribution in [0, 0.1) is 0 Å². The first-order valence-corrected chi connectivity index (χ1v) is 9.41. The van der Waals surface area contributed by atoms with Crippen LogP contribution >= 0.6 is 0 Å². The molecule has 0 radical (unpaired) electrons. The Morgan fingerprint density at radius 2 is 1.65 bits per heavy atom. The van der Waals surface area contributed by atoms with Gasteiger partial charge in [0.15, 0.2) is 11.6 Å². The number of hydrogen-bond acceptors (Lipinski definition) is 5. The summed E-state index contributed by atoms with van der Waals surface area (Å²) in [4.78, 5) is 27.4. The van der Waals surface area contributed by atoms with Gasteiger partial charge >= 0.3 is 5.97 Å². The fourth-order valence-corrected chi connectivity index (χ4v) is 3.03. The third-order valence-electron chi connectivity index (χ3n) is 4.67. The van der Waals surface area contributed by atoms with E-state index in [1.165, 1.54) is 18.5 Å². The Morgan fingerprint density at radius 3 is 2.29 bits per heavy atom. The number of nitrogens with zero attached hydrogens (tertiary/aromatic N) is 3. The molecule has 0 saturated heterocycles. The monoisotopic (exact) mass is 414 g/mol. The third kappa shape index (κ3) is 4.43. The van der Waals surface area contributed by atoms with Crippen molar-refractivity contribution >= 4 is 11.9 Å². The third-order valence-corrected chi connectivity index (χ3v) is 4.67. The summed E-state index contributed by atoms with van der Waals surface area (Å²) in [5.74, 6) is -1.80. The van der Waals surface area contributed by atoms with E-state index in [2.05, 4.69) is 15.4 Å².